The van der Waals surface area contributed by atoms with E-state index in [2.05, 4.69) is 42.7 Å². The third kappa shape index (κ3) is 3.17. The molecular weight excluding hydrogens is 440 g/mol. The van der Waals surface area contributed by atoms with Crippen molar-refractivity contribution in [2.45, 2.75) is 37.8 Å². The van der Waals surface area contributed by atoms with E-state index in [-0.39, 0.29) is 0 Å². The highest BCUT2D eigenvalue weighted by Crippen LogP contribution is 2.37. The Morgan fingerprint density at radius 2 is 1.22 bits per heavy atom. The summed E-state index contributed by atoms with van der Waals surface area (Å²) >= 11 is 3.36. The van der Waals surface area contributed by atoms with Crippen molar-refractivity contribution in [3.05, 3.63) is 36.2 Å². The van der Waals surface area contributed by atoms with Crippen LogP contribution in [0.4, 0.5) is 0 Å². The lowest BCUT2D eigenvalue weighted by Crippen LogP contribution is -2.14. The van der Waals surface area contributed by atoms with Gasteiger partial charge in [-0.25, -0.2) is 19.9 Å². The largest absolute Gasteiger partial charge is 0.339 e. The van der Waals surface area contributed by atoms with Crippen LogP contribution in [0.5, 0.6) is 0 Å². The van der Waals surface area contributed by atoms with Gasteiger partial charge in [0.1, 0.15) is 21.7 Å². The van der Waals surface area contributed by atoms with E-state index in [9.17, 15) is 0 Å². The van der Waals surface area contributed by atoms with Gasteiger partial charge in [-0.3, -0.25) is 0 Å². The van der Waals surface area contributed by atoms with Crippen LogP contribution < -0.4 is 10.6 Å². The molecule has 0 saturated carbocycles. The molecule has 0 radical (unpaired) electrons. The van der Waals surface area contributed by atoms with Crippen molar-refractivity contribution in [1.29, 1.82) is 0 Å². The molecule has 0 spiro atoms. The molecule has 10 heteroatoms. The summed E-state index contributed by atoms with van der Waals surface area (Å²) in [7, 11) is 0. The van der Waals surface area contributed by atoms with E-state index < -0.39 is 0 Å². The molecule has 0 aliphatic carbocycles. The van der Waals surface area contributed by atoms with E-state index in [0.717, 1.165) is 79.4 Å². The Labute approximate surface area is 191 Å². The van der Waals surface area contributed by atoms with Crippen LogP contribution in [0.1, 0.15) is 49.4 Å². The lowest BCUT2D eigenvalue weighted by atomic mass is 10.2. The van der Waals surface area contributed by atoms with Crippen LogP contribution in [0.25, 0.3) is 41.8 Å². The summed E-state index contributed by atoms with van der Waals surface area (Å²) in [5.74, 6) is 2.02. The Kier molecular flexibility index (Phi) is 4.39. The second-order valence-corrected chi connectivity index (χ2v) is 10.5. The number of imidazole rings is 2. The summed E-state index contributed by atoms with van der Waals surface area (Å²) in [6.45, 7) is 2.12. The van der Waals surface area contributed by atoms with Gasteiger partial charge in [0, 0.05) is 0 Å². The quantitative estimate of drug-likeness (QED) is 0.312. The predicted molar refractivity (Wildman–Crippen MR) is 128 cm³/mol. The highest BCUT2D eigenvalue weighted by atomic mass is 32.1. The van der Waals surface area contributed by atoms with Crippen LogP contribution >= 0.6 is 22.7 Å². The van der Waals surface area contributed by atoms with E-state index >= 15 is 0 Å². The summed E-state index contributed by atoms with van der Waals surface area (Å²) < 4.78 is 2.28. The monoisotopic (exact) mass is 462 g/mol. The molecule has 162 valence electrons. The Balaban J connectivity index is 1.20. The molecule has 8 nitrogen and oxygen atoms in total. The van der Waals surface area contributed by atoms with E-state index in [0.29, 0.717) is 12.1 Å². The zero-order chi connectivity index (χ0) is 21.1. The number of benzene rings is 1. The highest BCUT2D eigenvalue weighted by Gasteiger charge is 2.22. The lowest BCUT2D eigenvalue weighted by molar-refractivity contribution is 0.613. The maximum atomic E-state index is 4.89. The van der Waals surface area contributed by atoms with Gasteiger partial charge in [-0.15, -0.1) is 22.7 Å². The van der Waals surface area contributed by atoms with Gasteiger partial charge < -0.3 is 20.6 Å². The third-order valence-corrected chi connectivity index (χ3v) is 8.43. The van der Waals surface area contributed by atoms with E-state index in [1.807, 2.05) is 12.4 Å². The highest BCUT2D eigenvalue weighted by molar-refractivity contribution is 7.23. The second-order valence-electron chi connectivity index (χ2n) is 8.49. The van der Waals surface area contributed by atoms with E-state index in [4.69, 9.17) is 9.97 Å². The Morgan fingerprint density at radius 1 is 0.719 bits per heavy atom. The summed E-state index contributed by atoms with van der Waals surface area (Å²) in [4.78, 5) is 25.9. The summed E-state index contributed by atoms with van der Waals surface area (Å²) in [5.41, 5.74) is 3.97. The number of thiazole rings is 2. The minimum absolute atomic E-state index is 0.332. The molecule has 0 amide bonds. The number of H-pyrrole nitrogens is 2. The fraction of sp³-hybridized carbons (Fsp3) is 0.364. The van der Waals surface area contributed by atoms with E-state index in [1.54, 1.807) is 22.7 Å². The maximum Gasteiger partial charge on any atom is 0.142 e. The van der Waals surface area contributed by atoms with Gasteiger partial charge >= 0.3 is 0 Å². The molecule has 6 heterocycles. The van der Waals surface area contributed by atoms with Crippen molar-refractivity contribution >= 4 is 43.1 Å². The number of fused-ring (bicyclic) bond motifs is 2. The second kappa shape index (κ2) is 7.45. The molecule has 2 fully saturated rings. The molecule has 5 aromatic rings. The molecule has 0 bridgehead atoms. The Morgan fingerprint density at radius 3 is 1.66 bits per heavy atom. The Bertz CT molecular complexity index is 1260. The van der Waals surface area contributed by atoms with Crippen molar-refractivity contribution in [2.75, 3.05) is 13.1 Å². The molecule has 7 rings (SSSR count). The van der Waals surface area contributed by atoms with Gasteiger partial charge in [0.15, 0.2) is 0 Å². The van der Waals surface area contributed by atoms with Crippen LogP contribution in [0.15, 0.2) is 24.5 Å². The van der Waals surface area contributed by atoms with Gasteiger partial charge in [-0.2, -0.15) is 0 Å². The lowest BCUT2D eigenvalue weighted by Gasteiger charge is -2.04. The van der Waals surface area contributed by atoms with Crippen molar-refractivity contribution < 1.29 is 0 Å². The fourth-order valence-corrected chi connectivity index (χ4v) is 6.55. The number of hydrogen-bond donors (Lipinski definition) is 4. The molecule has 2 atom stereocenters. The predicted octanol–water partition coefficient (Wildman–Crippen LogP) is 4.54. The maximum absolute atomic E-state index is 4.89. The van der Waals surface area contributed by atoms with Gasteiger partial charge in [-0.1, -0.05) is 0 Å². The van der Waals surface area contributed by atoms with Gasteiger partial charge in [0.05, 0.1) is 56.3 Å². The SMILES string of the molecule is c1nc([C@@H]2CCCN2)[nH]c1-c1nc2cc3sc(-c4cnc([C@@H]5CCCN5)[nH]4)nc3cc2s1. The van der Waals surface area contributed by atoms with E-state index in [1.165, 1.54) is 12.8 Å². The minimum atomic E-state index is 0.332. The average Bonchev–Trinajstić information content (AvgIpc) is 3.65. The number of nitrogens with one attached hydrogen (secondary N) is 4. The molecule has 2 aliphatic rings. The summed E-state index contributed by atoms with van der Waals surface area (Å²) in [5, 5.41) is 8.92. The zero-order valence-corrected chi connectivity index (χ0v) is 18.9. The topological polar surface area (TPSA) is 107 Å². The first kappa shape index (κ1) is 18.9. The van der Waals surface area contributed by atoms with Gasteiger partial charge in [0.25, 0.3) is 0 Å². The molecule has 4 aromatic heterocycles. The normalized spacial score (nSPS) is 21.4. The molecule has 4 N–H and O–H groups in total. The number of aromatic nitrogens is 6. The number of aromatic amines is 2. The molecule has 2 aliphatic heterocycles. The zero-order valence-electron chi connectivity index (χ0n) is 17.3. The van der Waals surface area contributed by atoms with Crippen molar-refractivity contribution in [3.8, 4) is 21.4 Å². The Hall–Kier alpha value is -2.66. The van der Waals surface area contributed by atoms with Crippen LogP contribution in [0, 0.1) is 0 Å². The van der Waals surface area contributed by atoms with Gasteiger partial charge in [-0.05, 0) is 50.9 Å². The van der Waals surface area contributed by atoms with Crippen LogP contribution in [-0.4, -0.2) is 43.0 Å². The third-order valence-electron chi connectivity index (χ3n) is 6.33. The fourth-order valence-electron chi connectivity index (χ4n) is 4.66. The van der Waals surface area contributed by atoms with Gasteiger partial charge in [0.2, 0.25) is 0 Å². The standard InChI is InChI=1S/C22H22N8S2/c1-3-11(23-5-1)19-25-9-15(27-19)21-29-13-7-18-14(8-17(13)31-21)30-22(32-18)16-10-26-20(28-16)12-4-2-6-24-12/h7-12,23-24H,1-6H2,(H,25,27)(H,26,28)/t11-,12-/m0/s1. The van der Waals surface area contributed by atoms with Crippen LogP contribution in [-0.2, 0) is 0 Å². The summed E-state index contributed by atoms with van der Waals surface area (Å²) in [6.07, 6.45) is 8.47. The first-order chi connectivity index (χ1) is 15.8. The average molecular weight is 463 g/mol. The molecule has 32 heavy (non-hydrogen) atoms. The van der Waals surface area contributed by atoms with Crippen molar-refractivity contribution in [2.24, 2.45) is 0 Å². The number of hydrogen-bond acceptors (Lipinski definition) is 8. The number of rotatable bonds is 4. The number of nitrogens with zero attached hydrogens (tertiary/aromatic N) is 4. The molecule has 2 saturated heterocycles. The molecule has 1 aromatic carbocycles. The van der Waals surface area contributed by atoms with Crippen molar-refractivity contribution in [3.63, 3.8) is 0 Å². The van der Waals surface area contributed by atoms with Crippen LogP contribution in [0.2, 0.25) is 0 Å². The summed E-state index contributed by atoms with van der Waals surface area (Å²) in [6, 6.07) is 4.96. The molecular formula is C22H22N8S2. The minimum Gasteiger partial charge on any atom is -0.339 e. The smallest absolute Gasteiger partial charge is 0.142 e. The van der Waals surface area contributed by atoms with Crippen LogP contribution in [0.3, 0.4) is 0 Å². The first-order valence-electron chi connectivity index (χ1n) is 11.1. The first-order valence-corrected chi connectivity index (χ1v) is 12.7. The van der Waals surface area contributed by atoms with Crippen molar-refractivity contribution in [1.82, 2.24) is 40.5 Å². The molecule has 0 unspecified atom stereocenters.